The number of benzene rings is 1. The van der Waals surface area contributed by atoms with Gasteiger partial charge in [0.25, 0.3) is 0 Å². The van der Waals surface area contributed by atoms with Gasteiger partial charge in [0.2, 0.25) is 5.91 Å². The third-order valence-corrected chi connectivity index (χ3v) is 4.58. The van der Waals surface area contributed by atoms with E-state index in [1.54, 1.807) is 4.68 Å². The fourth-order valence-corrected chi connectivity index (χ4v) is 3.22. The topological polar surface area (TPSA) is 77.6 Å². The number of carbonyl (C=O) groups excluding carboxylic acids is 1. The lowest BCUT2D eigenvalue weighted by Gasteiger charge is -2.13. The van der Waals surface area contributed by atoms with Gasteiger partial charge in [-0.25, -0.2) is 14.6 Å². The highest BCUT2D eigenvalue weighted by Gasteiger charge is 2.17. The first-order valence-electron chi connectivity index (χ1n) is 9.11. The zero-order valence-corrected chi connectivity index (χ0v) is 16.1. The zero-order chi connectivity index (χ0) is 18.8. The molecule has 1 amide bonds. The average Bonchev–Trinajstić information content (AvgIpc) is 3.12. The molecule has 1 aromatic carbocycles. The first-order chi connectivity index (χ1) is 12.4. The van der Waals surface area contributed by atoms with Gasteiger partial charge in [0.05, 0.1) is 23.5 Å². The van der Waals surface area contributed by atoms with E-state index in [2.05, 4.69) is 38.8 Å². The monoisotopic (exact) mass is 354 g/mol. The van der Waals surface area contributed by atoms with Crippen molar-refractivity contribution in [2.24, 2.45) is 5.92 Å². The van der Waals surface area contributed by atoms with Crippen LogP contribution < -0.4 is 5.32 Å². The van der Waals surface area contributed by atoms with E-state index >= 15 is 0 Å². The van der Waals surface area contributed by atoms with Crippen molar-refractivity contribution in [3.63, 3.8) is 0 Å². The molecule has 3 rings (SSSR count). The Labute approximate surface area is 153 Å². The number of fused-ring (bicyclic) bond motifs is 1. The average molecular weight is 354 g/mol. The molecule has 7 nitrogen and oxygen atoms in total. The van der Waals surface area contributed by atoms with Crippen LogP contribution in [0.1, 0.15) is 38.2 Å². The number of aromatic nitrogens is 5. The summed E-state index contributed by atoms with van der Waals surface area (Å²) in [6.07, 6.45) is 0.887. The van der Waals surface area contributed by atoms with Gasteiger partial charge in [-0.15, -0.1) is 0 Å². The first-order valence-corrected chi connectivity index (χ1v) is 9.11. The van der Waals surface area contributed by atoms with Crippen molar-refractivity contribution in [1.29, 1.82) is 0 Å². The van der Waals surface area contributed by atoms with Crippen molar-refractivity contribution >= 4 is 22.6 Å². The Morgan fingerprint density at radius 1 is 1.23 bits per heavy atom. The number of nitrogens with one attached hydrogen (secondary N) is 1. The summed E-state index contributed by atoms with van der Waals surface area (Å²) >= 11 is 0. The zero-order valence-electron chi connectivity index (χ0n) is 16.1. The quantitative estimate of drug-likeness (QED) is 0.738. The summed E-state index contributed by atoms with van der Waals surface area (Å²) in [7, 11) is 0. The molecule has 0 unspecified atom stereocenters. The molecule has 0 saturated carbocycles. The minimum absolute atomic E-state index is 0.0393. The van der Waals surface area contributed by atoms with Crippen molar-refractivity contribution in [2.45, 2.75) is 54.1 Å². The largest absolute Gasteiger partial charge is 0.328 e. The summed E-state index contributed by atoms with van der Waals surface area (Å²) in [5.41, 5.74) is 2.78. The molecule has 3 aromatic rings. The smallest absolute Gasteiger partial charge is 0.229 e. The van der Waals surface area contributed by atoms with E-state index < -0.39 is 0 Å². The number of nitrogens with zero attached hydrogens (tertiary/aromatic N) is 5. The van der Waals surface area contributed by atoms with Crippen LogP contribution in [0.15, 0.2) is 18.2 Å². The number of rotatable bonds is 6. The standard InChI is InChI=1S/C19H26N6O/c1-6-18-22-16-10-15(8-9-17(16)24(18)7-2)21-19(26)12(3)11-25-14(5)20-13(4)23-25/h8-10,12H,6-7,11H2,1-5H3,(H,21,26)/t12-/m1/s1. The van der Waals surface area contributed by atoms with Crippen LogP contribution in [-0.4, -0.2) is 30.2 Å². The van der Waals surface area contributed by atoms with Gasteiger partial charge >= 0.3 is 0 Å². The first kappa shape index (κ1) is 18.1. The number of imidazole rings is 1. The molecule has 7 heteroatoms. The van der Waals surface area contributed by atoms with Crippen LogP contribution in [0.3, 0.4) is 0 Å². The maximum Gasteiger partial charge on any atom is 0.229 e. The van der Waals surface area contributed by atoms with Crippen molar-refractivity contribution in [3.05, 3.63) is 35.7 Å². The van der Waals surface area contributed by atoms with Crippen LogP contribution in [0.25, 0.3) is 11.0 Å². The molecule has 0 saturated heterocycles. The van der Waals surface area contributed by atoms with E-state index in [1.807, 2.05) is 39.0 Å². The summed E-state index contributed by atoms with van der Waals surface area (Å²) < 4.78 is 3.98. The lowest BCUT2D eigenvalue weighted by Crippen LogP contribution is -2.25. The van der Waals surface area contributed by atoms with E-state index in [1.165, 1.54) is 0 Å². The van der Waals surface area contributed by atoms with Gasteiger partial charge in [0.1, 0.15) is 17.5 Å². The Morgan fingerprint density at radius 2 is 2.00 bits per heavy atom. The SMILES string of the molecule is CCc1nc2cc(NC(=O)[C@H](C)Cn3nc(C)nc3C)ccc2n1CC. The maximum atomic E-state index is 12.6. The number of anilines is 1. The molecule has 0 spiro atoms. The minimum Gasteiger partial charge on any atom is -0.328 e. The summed E-state index contributed by atoms with van der Waals surface area (Å²) in [5.74, 6) is 2.35. The second kappa shape index (κ2) is 7.27. The minimum atomic E-state index is -0.218. The fraction of sp³-hybridized carbons (Fsp3) is 0.474. The van der Waals surface area contributed by atoms with Crippen molar-refractivity contribution in [2.75, 3.05) is 5.32 Å². The highest BCUT2D eigenvalue weighted by Crippen LogP contribution is 2.21. The number of amides is 1. The molecule has 2 heterocycles. The molecular formula is C19H26N6O. The van der Waals surface area contributed by atoms with Gasteiger partial charge in [0, 0.05) is 18.7 Å². The number of hydrogen-bond acceptors (Lipinski definition) is 4. The summed E-state index contributed by atoms with van der Waals surface area (Å²) in [4.78, 5) is 21.5. The Hall–Kier alpha value is -2.70. The Kier molecular flexibility index (Phi) is 5.06. The van der Waals surface area contributed by atoms with Gasteiger partial charge in [-0.2, -0.15) is 5.10 Å². The summed E-state index contributed by atoms with van der Waals surface area (Å²) in [6, 6.07) is 5.90. The van der Waals surface area contributed by atoms with Crippen LogP contribution in [0, 0.1) is 19.8 Å². The van der Waals surface area contributed by atoms with Crippen LogP contribution in [-0.2, 0) is 24.3 Å². The van der Waals surface area contributed by atoms with Crippen LogP contribution in [0.2, 0.25) is 0 Å². The predicted molar refractivity (Wildman–Crippen MR) is 102 cm³/mol. The highest BCUT2D eigenvalue weighted by atomic mass is 16.1. The summed E-state index contributed by atoms with van der Waals surface area (Å²) in [5, 5.41) is 7.32. The lowest BCUT2D eigenvalue weighted by atomic mass is 10.1. The predicted octanol–water partition coefficient (Wildman–Crippen LogP) is 3.10. The Bertz CT molecular complexity index is 939. The van der Waals surface area contributed by atoms with E-state index in [0.29, 0.717) is 6.54 Å². The second-order valence-electron chi connectivity index (χ2n) is 6.61. The maximum absolute atomic E-state index is 12.6. The molecule has 26 heavy (non-hydrogen) atoms. The Balaban J connectivity index is 1.75. The molecule has 2 aromatic heterocycles. The van der Waals surface area contributed by atoms with Crippen molar-refractivity contribution in [1.82, 2.24) is 24.3 Å². The lowest BCUT2D eigenvalue weighted by molar-refractivity contribution is -0.119. The molecule has 0 fully saturated rings. The molecule has 0 radical (unpaired) electrons. The van der Waals surface area contributed by atoms with Crippen LogP contribution >= 0.6 is 0 Å². The van der Waals surface area contributed by atoms with Gasteiger partial charge in [0.15, 0.2) is 0 Å². The molecule has 0 aliphatic carbocycles. The second-order valence-corrected chi connectivity index (χ2v) is 6.61. The molecule has 1 N–H and O–H groups in total. The third kappa shape index (κ3) is 3.47. The molecule has 1 atom stereocenters. The van der Waals surface area contributed by atoms with Gasteiger partial charge in [-0.1, -0.05) is 13.8 Å². The van der Waals surface area contributed by atoms with Gasteiger partial charge < -0.3 is 9.88 Å². The van der Waals surface area contributed by atoms with Crippen molar-refractivity contribution in [3.8, 4) is 0 Å². The molecule has 138 valence electrons. The van der Waals surface area contributed by atoms with E-state index in [9.17, 15) is 4.79 Å². The van der Waals surface area contributed by atoms with Crippen LogP contribution in [0.4, 0.5) is 5.69 Å². The molecule has 0 aliphatic heterocycles. The van der Waals surface area contributed by atoms with Crippen LogP contribution in [0.5, 0.6) is 0 Å². The van der Waals surface area contributed by atoms with E-state index in [4.69, 9.17) is 0 Å². The van der Waals surface area contributed by atoms with Gasteiger partial charge in [-0.05, 0) is 39.0 Å². The molecule has 0 bridgehead atoms. The molecular weight excluding hydrogens is 328 g/mol. The normalized spacial score (nSPS) is 12.5. The number of aryl methyl sites for hydroxylation is 4. The van der Waals surface area contributed by atoms with Crippen molar-refractivity contribution < 1.29 is 4.79 Å². The highest BCUT2D eigenvalue weighted by molar-refractivity contribution is 5.94. The van der Waals surface area contributed by atoms with E-state index in [-0.39, 0.29) is 11.8 Å². The fourth-order valence-electron chi connectivity index (χ4n) is 3.22. The van der Waals surface area contributed by atoms with Gasteiger partial charge in [-0.3, -0.25) is 4.79 Å². The van der Waals surface area contributed by atoms with E-state index in [0.717, 1.165) is 47.2 Å². The number of hydrogen-bond donors (Lipinski definition) is 1. The Morgan fingerprint density at radius 3 is 2.62 bits per heavy atom. The third-order valence-electron chi connectivity index (χ3n) is 4.58. The molecule has 0 aliphatic rings. The number of carbonyl (C=O) groups is 1. The summed E-state index contributed by atoms with van der Waals surface area (Å²) in [6.45, 7) is 11.3.